The Morgan fingerprint density at radius 3 is 1.00 bits per heavy atom. The summed E-state index contributed by atoms with van der Waals surface area (Å²) in [6, 6.07) is 0. The highest BCUT2D eigenvalue weighted by Gasteiger charge is 2.24. The van der Waals surface area contributed by atoms with Crippen LogP contribution in [0.4, 0.5) is 0 Å². The Hall–Kier alpha value is -3.12. The Labute approximate surface area is 152 Å². The molecule has 0 spiro atoms. The van der Waals surface area contributed by atoms with E-state index < -0.39 is 46.1 Å². The van der Waals surface area contributed by atoms with Crippen molar-refractivity contribution >= 4 is 45.5 Å². The zero-order chi connectivity index (χ0) is 19.4. The quantitative estimate of drug-likeness (QED) is 0.502. The molecular formula is C14H8N2O8S2. The summed E-state index contributed by atoms with van der Waals surface area (Å²) >= 11 is 0. The molecule has 0 aromatic carbocycles. The molecule has 4 N–H and O–H groups in total. The minimum Gasteiger partial charge on any atom is -0.478 e. The number of aromatic carboxylic acids is 4. The molecule has 0 saturated carbocycles. The summed E-state index contributed by atoms with van der Waals surface area (Å²) in [5, 5.41) is 36.8. The van der Waals surface area contributed by atoms with Gasteiger partial charge in [0.25, 0.3) is 0 Å². The summed E-state index contributed by atoms with van der Waals surface area (Å²) in [6.07, 6.45) is 3.78. The standard InChI is InChI=1S/C14H8N2O8S2/c17-11(18)5-1-15-2-6(12(19)20)9(5)25-26-10-7(13(21)22)3-16-4-8(10)14(23)24/h1-4H,(H,17,18)(H,19,20)(H,21,22)(H,23,24). The van der Waals surface area contributed by atoms with E-state index in [1.807, 2.05) is 0 Å². The van der Waals surface area contributed by atoms with Crippen LogP contribution in [0.1, 0.15) is 41.4 Å². The van der Waals surface area contributed by atoms with Gasteiger partial charge < -0.3 is 20.4 Å². The third kappa shape index (κ3) is 3.92. The van der Waals surface area contributed by atoms with E-state index in [4.69, 9.17) is 0 Å². The summed E-state index contributed by atoms with van der Waals surface area (Å²) in [4.78, 5) is 51.9. The second-order valence-corrected chi connectivity index (χ2v) is 6.66. The lowest BCUT2D eigenvalue weighted by atomic mass is 10.2. The van der Waals surface area contributed by atoms with Gasteiger partial charge in [-0.05, 0) is 0 Å². The number of carboxylic acid groups (broad SMARTS) is 4. The van der Waals surface area contributed by atoms with Crippen molar-refractivity contribution in [3.8, 4) is 0 Å². The van der Waals surface area contributed by atoms with Crippen molar-refractivity contribution < 1.29 is 39.6 Å². The fraction of sp³-hybridized carbons (Fsp3) is 0. The largest absolute Gasteiger partial charge is 0.478 e. The molecule has 2 heterocycles. The molecule has 0 amide bonds. The van der Waals surface area contributed by atoms with Crippen LogP contribution < -0.4 is 0 Å². The predicted octanol–water partition coefficient (Wildman–Crippen LogP) is 2.07. The van der Waals surface area contributed by atoms with Gasteiger partial charge in [-0.2, -0.15) is 0 Å². The van der Waals surface area contributed by atoms with Gasteiger partial charge in [0.1, 0.15) is 0 Å². The maximum absolute atomic E-state index is 11.3. The summed E-state index contributed by atoms with van der Waals surface area (Å²) < 4.78 is 0. The maximum Gasteiger partial charge on any atom is 0.338 e. The molecule has 0 bridgehead atoms. The van der Waals surface area contributed by atoms with E-state index in [9.17, 15) is 39.6 Å². The summed E-state index contributed by atoms with van der Waals surface area (Å²) in [6.45, 7) is 0. The molecule has 0 aliphatic carbocycles. The molecule has 12 heteroatoms. The van der Waals surface area contributed by atoms with Crippen molar-refractivity contribution in [2.24, 2.45) is 0 Å². The van der Waals surface area contributed by atoms with Gasteiger partial charge in [-0.25, -0.2) is 19.2 Å². The van der Waals surface area contributed by atoms with Crippen LogP contribution in [0.25, 0.3) is 0 Å². The van der Waals surface area contributed by atoms with E-state index in [1.54, 1.807) is 0 Å². The van der Waals surface area contributed by atoms with Crippen LogP contribution in [0.3, 0.4) is 0 Å². The molecule has 2 rings (SSSR count). The maximum atomic E-state index is 11.3. The zero-order valence-corrected chi connectivity index (χ0v) is 14.1. The number of hydrogen-bond donors (Lipinski definition) is 4. The molecule has 134 valence electrons. The number of carboxylic acids is 4. The van der Waals surface area contributed by atoms with Gasteiger partial charge in [0.05, 0.1) is 32.0 Å². The molecule has 26 heavy (non-hydrogen) atoms. The van der Waals surface area contributed by atoms with Crippen LogP contribution in [0.5, 0.6) is 0 Å². The second kappa shape index (κ2) is 7.84. The van der Waals surface area contributed by atoms with Crippen LogP contribution in [-0.2, 0) is 0 Å². The Bertz CT molecular complexity index is 791. The number of nitrogens with zero attached hydrogens (tertiary/aromatic N) is 2. The monoisotopic (exact) mass is 396 g/mol. The van der Waals surface area contributed by atoms with Gasteiger partial charge in [0.15, 0.2) is 0 Å². The normalized spacial score (nSPS) is 10.3. The van der Waals surface area contributed by atoms with E-state index in [-0.39, 0.29) is 9.79 Å². The van der Waals surface area contributed by atoms with Crippen molar-refractivity contribution in [3.05, 3.63) is 47.0 Å². The van der Waals surface area contributed by atoms with E-state index in [1.165, 1.54) is 0 Å². The van der Waals surface area contributed by atoms with Gasteiger partial charge in [-0.15, -0.1) is 0 Å². The summed E-state index contributed by atoms with van der Waals surface area (Å²) in [5.41, 5.74) is -1.65. The lowest BCUT2D eigenvalue weighted by molar-refractivity contribution is 0.0667. The first-order chi connectivity index (χ1) is 12.2. The molecule has 10 nitrogen and oxygen atoms in total. The van der Waals surface area contributed by atoms with Gasteiger partial charge in [0.2, 0.25) is 0 Å². The highest BCUT2D eigenvalue weighted by atomic mass is 33.1. The highest BCUT2D eigenvalue weighted by molar-refractivity contribution is 8.76. The minimum absolute atomic E-state index is 0.200. The Kier molecular flexibility index (Phi) is 5.79. The molecule has 2 aromatic rings. The SMILES string of the molecule is O=C(O)c1cncc(C(=O)O)c1SSc1c(C(=O)O)cncc1C(=O)O. The van der Waals surface area contributed by atoms with E-state index in [0.29, 0.717) is 21.6 Å². The first-order valence-electron chi connectivity index (χ1n) is 6.47. The fourth-order valence-corrected chi connectivity index (χ4v) is 4.43. The van der Waals surface area contributed by atoms with E-state index in [0.717, 1.165) is 24.8 Å². The lowest BCUT2D eigenvalue weighted by Crippen LogP contribution is -2.08. The third-order valence-electron chi connectivity index (χ3n) is 2.92. The van der Waals surface area contributed by atoms with Crippen LogP contribution in [0.15, 0.2) is 34.6 Å². The van der Waals surface area contributed by atoms with Crippen molar-refractivity contribution in [2.45, 2.75) is 9.79 Å². The fourth-order valence-electron chi connectivity index (χ4n) is 1.77. The zero-order valence-electron chi connectivity index (χ0n) is 12.4. The van der Waals surface area contributed by atoms with Crippen LogP contribution in [0.2, 0.25) is 0 Å². The Balaban J connectivity index is 2.53. The molecule has 0 aliphatic rings. The lowest BCUT2D eigenvalue weighted by Gasteiger charge is -2.11. The molecule has 0 radical (unpaired) electrons. The van der Waals surface area contributed by atoms with Crippen LogP contribution >= 0.6 is 21.6 Å². The number of rotatable bonds is 7. The van der Waals surface area contributed by atoms with E-state index in [2.05, 4.69) is 9.97 Å². The van der Waals surface area contributed by atoms with Gasteiger partial charge >= 0.3 is 23.9 Å². The van der Waals surface area contributed by atoms with Crippen molar-refractivity contribution in [2.75, 3.05) is 0 Å². The number of carbonyl (C=O) groups is 4. The Morgan fingerprint density at radius 2 is 0.808 bits per heavy atom. The molecule has 0 fully saturated rings. The van der Waals surface area contributed by atoms with E-state index >= 15 is 0 Å². The van der Waals surface area contributed by atoms with Gasteiger partial charge in [-0.3, -0.25) is 9.97 Å². The average molecular weight is 396 g/mol. The number of aromatic nitrogens is 2. The smallest absolute Gasteiger partial charge is 0.338 e. The molecule has 0 unspecified atom stereocenters. The van der Waals surface area contributed by atoms with Gasteiger partial charge in [0, 0.05) is 24.8 Å². The number of hydrogen-bond acceptors (Lipinski definition) is 8. The topological polar surface area (TPSA) is 175 Å². The summed E-state index contributed by atoms with van der Waals surface area (Å²) in [5.74, 6) is -5.74. The van der Waals surface area contributed by atoms with Crippen molar-refractivity contribution in [3.63, 3.8) is 0 Å². The molecule has 0 saturated heterocycles. The highest BCUT2D eigenvalue weighted by Crippen LogP contribution is 2.43. The number of pyridine rings is 2. The molecule has 0 aliphatic heterocycles. The third-order valence-corrected chi connectivity index (χ3v) is 5.47. The molecule has 2 aromatic heterocycles. The Morgan fingerprint density at radius 1 is 0.577 bits per heavy atom. The first-order valence-corrected chi connectivity index (χ1v) is 8.62. The second-order valence-electron chi connectivity index (χ2n) is 4.51. The summed E-state index contributed by atoms with van der Waals surface area (Å²) in [7, 11) is 1.21. The molecular weight excluding hydrogens is 388 g/mol. The first kappa shape index (κ1) is 19.2. The molecule has 0 atom stereocenters. The van der Waals surface area contributed by atoms with Gasteiger partial charge in [-0.1, -0.05) is 21.6 Å². The predicted molar refractivity (Wildman–Crippen MR) is 88.0 cm³/mol. The van der Waals surface area contributed by atoms with Crippen molar-refractivity contribution in [1.29, 1.82) is 0 Å². The average Bonchev–Trinajstić information content (AvgIpc) is 2.58. The van der Waals surface area contributed by atoms with Crippen LogP contribution in [0, 0.1) is 0 Å². The van der Waals surface area contributed by atoms with Crippen molar-refractivity contribution in [1.82, 2.24) is 9.97 Å². The van der Waals surface area contributed by atoms with Crippen LogP contribution in [-0.4, -0.2) is 54.3 Å². The minimum atomic E-state index is -1.43.